The highest BCUT2D eigenvalue weighted by Gasteiger charge is 2.40. The number of hydrogen-bond acceptors (Lipinski definition) is 6. The summed E-state index contributed by atoms with van der Waals surface area (Å²) in [4.78, 5) is 23.9. The third-order valence-corrected chi connectivity index (χ3v) is 5.53. The average molecular weight is 342 g/mol. The zero-order valence-electron chi connectivity index (χ0n) is 14.5. The van der Waals surface area contributed by atoms with Crippen molar-refractivity contribution >= 4 is 22.8 Å². The minimum absolute atomic E-state index is 0.0181. The van der Waals surface area contributed by atoms with Gasteiger partial charge in [0.15, 0.2) is 0 Å². The van der Waals surface area contributed by atoms with Gasteiger partial charge >= 0.3 is 0 Å². The van der Waals surface area contributed by atoms with Gasteiger partial charge < -0.3 is 19.4 Å². The SMILES string of the molecule is Cc1nc(NC2(C)CC2)c2c(C(=O)N3C[C@H]4CC[C@@H](C3)O4)coc2n1. The topological polar surface area (TPSA) is 80.5 Å². The van der Waals surface area contributed by atoms with Gasteiger partial charge in [-0.1, -0.05) is 0 Å². The summed E-state index contributed by atoms with van der Waals surface area (Å²) in [5.74, 6) is 1.32. The van der Waals surface area contributed by atoms with Crippen molar-refractivity contribution in [2.24, 2.45) is 0 Å². The monoisotopic (exact) mass is 342 g/mol. The first kappa shape index (κ1) is 15.1. The molecule has 7 nitrogen and oxygen atoms in total. The summed E-state index contributed by atoms with van der Waals surface area (Å²) in [5.41, 5.74) is 1.07. The van der Waals surface area contributed by atoms with Crippen LogP contribution in [-0.4, -0.2) is 51.6 Å². The Balaban J connectivity index is 1.53. The summed E-state index contributed by atoms with van der Waals surface area (Å²) < 4.78 is 11.5. The molecule has 1 aliphatic carbocycles. The molecule has 1 amide bonds. The first-order chi connectivity index (χ1) is 12.0. The van der Waals surface area contributed by atoms with Gasteiger partial charge in [0.2, 0.25) is 5.71 Å². The van der Waals surface area contributed by atoms with Crippen molar-refractivity contribution in [1.82, 2.24) is 14.9 Å². The smallest absolute Gasteiger partial charge is 0.258 e. The third-order valence-electron chi connectivity index (χ3n) is 5.53. The fourth-order valence-corrected chi connectivity index (χ4v) is 3.85. The zero-order chi connectivity index (χ0) is 17.2. The van der Waals surface area contributed by atoms with Gasteiger partial charge in [-0.15, -0.1) is 0 Å². The molecule has 3 fully saturated rings. The molecule has 3 aliphatic rings. The number of fused-ring (bicyclic) bond motifs is 3. The second kappa shape index (κ2) is 5.17. The van der Waals surface area contributed by atoms with Crippen LogP contribution in [0.4, 0.5) is 5.82 Å². The zero-order valence-corrected chi connectivity index (χ0v) is 14.5. The van der Waals surface area contributed by atoms with Gasteiger partial charge in [-0.3, -0.25) is 4.79 Å². The van der Waals surface area contributed by atoms with E-state index in [4.69, 9.17) is 9.15 Å². The number of nitrogens with zero attached hydrogens (tertiary/aromatic N) is 3. The molecule has 2 saturated heterocycles. The van der Waals surface area contributed by atoms with Crippen LogP contribution >= 0.6 is 0 Å². The molecule has 2 bridgehead atoms. The highest BCUT2D eigenvalue weighted by Crippen LogP contribution is 2.40. The molecule has 1 N–H and O–H groups in total. The number of carbonyl (C=O) groups is 1. The molecule has 5 rings (SSSR count). The Morgan fingerprint density at radius 1 is 1.28 bits per heavy atom. The van der Waals surface area contributed by atoms with Crippen molar-refractivity contribution < 1.29 is 13.9 Å². The number of furan rings is 1. The molecule has 2 aromatic heterocycles. The first-order valence-corrected chi connectivity index (χ1v) is 8.99. The summed E-state index contributed by atoms with van der Waals surface area (Å²) in [6.45, 7) is 5.30. The van der Waals surface area contributed by atoms with E-state index in [1.807, 2.05) is 11.8 Å². The van der Waals surface area contributed by atoms with Gasteiger partial charge in [0.05, 0.1) is 23.2 Å². The number of morpholine rings is 1. The van der Waals surface area contributed by atoms with E-state index in [0.717, 1.165) is 25.7 Å². The van der Waals surface area contributed by atoms with Crippen molar-refractivity contribution in [3.05, 3.63) is 17.7 Å². The molecule has 25 heavy (non-hydrogen) atoms. The van der Waals surface area contributed by atoms with Crippen LogP contribution in [0.15, 0.2) is 10.7 Å². The van der Waals surface area contributed by atoms with Crippen LogP contribution in [0.1, 0.15) is 48.8 Å². The number of rotatable bonds is 3. The lowest BCUT2D eigenvalue weighted by Crippen LogP contribution is -2.45. The Labute approximate surface area is 145 Å². The number of ether oxygens (including phenoxy) is 1. The van der Waals surface area contributed by atoms with Crippen LogP contribution in [0.5, 0.6) is 0 Å². The second-order valence-corrected chi connectivity index (χ2v) is 7.80. The van der Waals surface area contributed by atoms with Gasteiger partial charge in [0, 0.05) is 18.6 Å². The number of nitrogens with one attached hydrogen (secondary N) is 1. The van der Waals surface area contributed by atoms with Crippen LogP contribution in [0.3, 0.4) is 0 Å². The minimum atomic E-state index is -0.0181. The van der Waals surface area contributed by atoms with Crippen LogP contribution in [0, 0.1) is 6.92 Å². The van der Waals surface area contributed by atoms with Gasteiger partial charge in [-0.05, 0) is 39.5 Å². The Morgan fingerprint density at radius 2 is 2.00 bits per heavy atom. The molecule has 0 unspecified atom stereocenters. The molecule has 132 valence electrons. The molecule has 7 heteroatoms. The fourth-order valence-electron chi connectivity index (χ4n) is 3.85. The van der Waals surface area contributed by atoms with E-state index in [-0.39, 0.29) is 23.7 Å². The fraction of sp³-hybridized carbons (Fsp3) is 0.611. The standard InChI is InChI=1S/C18H22N4O3/c1-10-19-15(21-18(2)5-6-18)14-13(9-24-16(14)20-10)17(23)22-7-11-3-4-12(8-22)25-11/h9,11-12H,3-8H2,1-2H3,(H,19,20,21)/t11-,12+. The summed E-state index contributed by atoms with van der Waals surface area (Å²) in [6.07, 6.45) is 6.14. The summed E-state index contributed by atoms with van der Waals surface area (Å²) in [6, 6.07) is 0. The van der Waals surface area contributed by atoms with Crippen LogP contribution < -0.4 is 5.32 Å². The molecular weight excluding hydrogens is 320 g/mol. The Morgan fingerprint density at radius 3 is 2.68 bits per heavy atom. The van der Waals surface area contributed by atoms with E-state index >= 15 is 0 Å². The predicted octanol–water partition coefficient (Wildman–Crippen LogP) is 2.50. The van der Waals surface area contributed by atoms with Gasteiger partial charge in [0.25, 0.3) is 5.91 Å². The van der Waals surface area contributed by atoms with Crippen molar-refractivity contribution in [3.63, 3.8) is 0 Å². The first-order valence-electron chi connectivity index (χ1n) is 8.99. The van der Waals surface area contributed by atoms with Crippen LogP contribution in [0.25, 0.3) is 11.1 Å². The minimum Gasteiger partial charge on any atom is -0.445 e. The predicted molar refractivity (Wildman–Crippen MR) is 91.6 cm³/mol. The lowest BCUT2D eigenvalue weighted by molar-refractivity contribution is -0.0303. The van der Waals surface area contributed by atoms with Crippen LogP contribution in [-0.2, 0) is 4.74 Å². The normalized spacial score (nSPS) is 26.9. The maximum Gasteiger partial charge on any atom is 0.258 e. The number of anilines is 1. The van der Waals surface area contributed by atoms with Crippen molar-refractivity contribution in [3.8, 4) is 0 Å². The number of amides is 1. The van der Waals surface area contributed by atoms with E-state index in [9.17, 15) is 4.79 Å². The third kappa shape index (κ3) is 2.57. The molecule has 1 saturated carbocycles. The van der Waals surface area contributed by atoms with E-state index in [0.29, 0.717) is 41.4 Å². The number of carbonyl (C=O) groups excluding carboxylic acids is 1. The Hall–Kier alpha value is -2.15. The molecule has 2 aromatic rings. The molecule has 2 aliphatic heterocycles. The van der Waals surface area contributed by atoms with Gasteiger partial charge in [-0.2, -0.15) is 4.98 Å². The van der Waals surface area contributed by atoms with Crippen LogP contribution in [0.2, 0.25) is 0 Å². The number of aromatic nitrogens is 2. The molecule has 0 radical (unpaired) electrons. The van der Waals surface area contributed by atoms with Crippen molar-refractivity contribution in [1.29, 1.82) is 0 Å². The highest BCUT2D eigenvalue weighted by molar-refractivity contribution is 6.09. The quantitative estimate of drug-likeness (QED) is 0.923. The average Bonchev–Trinajstić information content (AvgIpc) is 3.01. The lowest BCUT2D eigenvalue weighted by Gasteiger charge is -2.32. The number of likely N-dealkylation sites (tertiary alicyclic amines) is 1. The molecule has 0 spiro atoms. The van der Waals surface area contributed by atoms with Gasteiger partial charge in [0.1, 0.15) is 17.9 Å². The lowest BCUT2D eigenvalue weighted by atomic mass is 10.1. The van der Waals surface area contributed by atoms with Gasteiger partial charge in [-0.25, -0.2) is 4.98 Å². The van der Waals surface area contributed by atoms with Crippen molar-refractivity contribution in [2.45, 2.75) is 57.3 Å². The number of aryl methyl sites for hydroxylation is 1. The Bertz CT molecular complexity index is 845. The van der Waals surface area contributed by atoms with Crippen molar-refractivity contribution in [2.75, 3.05) is 18.4 Å². The summed E-state index contributed by atoms with van der Waals surface area (Å²) in [7, 11) is 0. The summed E-state index contributed by atoms with van der Waals surface area (Å²) >= 11 is 0. The maximum atomic E-state index is 13.1. The van der Waals surface area contributed by atoms with E-state index in [2.05, 4.69) is 22.2 Å². The van der Waals surface area contributed by atoms with E-state index < -0.39 is 0 Å². The van der Waals surface area contributed by atoms with E-state index in [1.54, 1.807) is 0 Å². The second-order valence-electron chi connectivity index (χ2n) is 7.80. The maximum absolute atomic E-state index is 13.1. The number of hydrogen-bond donors (Lipinski definition) is 1. The highest BCUT2D eigenvalue weighted by atomic mass is 16.5. The molecule has 4 heterocycles. The molecular formula is C18H22N4O3. The molecule has 2 atom stereocenters. The Kier molecular flexibility index (Phi) is 3.13. The van der Waals surface area contributed by atoms with E-state index in [1.165, 1.54) is 6.26 Å². The largest absolute Gasteiger partial charge is 0.445 e. The summed E-state index contributed by atoms with van der Waals surface area (Å²) in [5, 5.41) is 4.18. The molecule has 0 aromatic carbocycles.